The molecule has 0 spiro atoms. The first-order valence-electron chi connectivity index (χ1n) is 5.52. The molecule has 0 radical (unpaired) electrons. The number of hydrogen-bond donors (Lipinski definition) is 2. The fourth-order valence-corrected chi connectivity index (χ4v) is 1.56. The van der Waals surface area contributed by atoms with Gasteiger partial charge in [-0.3, -0.25) is 0 Å². The number of rotatable bonds is 5. The lowest BCUT2D eigenvalue weighted by Crippen LogP contribution is -2.03. The number of carboxylic acids is 1. The molecule has 0 bridgehead atoms. The number of hydrogen-bond acceptors (Lipinski definition) is 3. The first-order chi connectivity index (χ1) is 9.10. The number of carbonyl (C=O) groups is 1. The average Bonchev–Trinajstić information content (AvgIpc) is 2.85. The molecule has 0 fully saturated rings. The lowest BCUT2D eigenvalue weighted by atomic mass is 10.2. The van der Waals surface area contributed by atoms with Crippen molar-refractivity contribution in [2.75, 3.05) is 5.32 Å². The van der Waals surface area contributed by atoms with E-state index < -0.39 is 11.8 Å². The van der Waals surface area contributed by atoms with Gasteiger partial charge in [0.25, 0.3) is 0 Å². The quantitative estimate of drug-likeness (QED) is 0.867. The molecule has 0 aliphatic rings. The molecule has 2 N–H and O–H groups in total. The zero-order chi connectivity index (χ0) is 13.8. The molecule has 1 heterocycles. The van der Waals surface area contributed by atoms with E-state index in [0.29, 0.717) is 6.54 Å². The van der Waals surface area contributed by atoms with Crippen LogP contribution in [-0.4, -0.2) is 20.9 Å². The summed E-state index contributed by atoms with van der Waals surface area (Å²) >= 11 is 0. The number of carboxylic acid groups (broad SMARTS) is 1. The Morgan fingerprint density at radius 3 is 3.00 bits per heavy atom. The van der Waals surface area contributed by atoms with Crippen LogP contribution in [0.4, 0.5) is 10.1 Å². The lowest BCUT2D eigenvalue weighted by Gasteiger charge is -2.07. The maximum atomic E-state index is 13.5. The van der Waals surface area contributed by atoms with Gasteiger partial charge >= 0.3 is 5.97 Å². The summed E-state index contributed by atoms with van der Waals surface area (Å²) < 4.78 is 15.0. The van der Waals surface area contributed by atoms with E-state index in [1.165, 1.54) is 23.0 Å². The topological polar surface area (TPSA) is 67.2 Å². The van der Waals surface area contributed by atoms with Crippen LogP contribution in [0.5, 0.6) is 0 Å². The van der Waals surface area contributed by atoms with Crippen LogP contribution >= 0.6 is 0 Å². The SMILES string of the molecule is C=Cn1cc(CNc2cc(C(=O)O)ccc2F)cn1. The van der Waals surface area contributed by atoms with Crippen LogP contribution in [0, 0.1) is 5.82 Å². The molecule has 0 amide bonds. The molecule has 1 aromatic carbocycles. The number of anilines is 1. The zero-order valence-corrected chi connectivity index (χ0v) is 10.0. The highest BCUT2D eigenvalue weighted by Gasteiger charge is 2.08. The van der Waals surface area contributed by atoms with E-state index in [9.17, 15) is 9.18 Å². The van der Waals surface area contributed by atoms with Gasteiger partial charge in [0.15, 0.2) is 0 Å². The fraction of sp³-hybridized carbons (Fsp3) is 0.0769. The predicted molar refractivity (Wildman–Crippen MR) is 69.3 cm³/mol. The van der Waals surface area contributed by atoms with Crippen molar-refractivity contribution in [1.29, 1.82) is 0 Å². The van der Waals surface area contributed by atoms with Crippen LogP contribution in [0.25, 0.3) is 6.20 Å². The summed E-state index contributed by atoms with van der Waals surface area (Å²) in [6.07, 6.45) is 4.89. The van der Waals surface area contributed by atoms with Crippen molar-refractivity contribution >= 4 is 17.9 Å². The number of benzene rings is 1. The molecular weight excluding hydrogens is 249 g/mol. The number of aromatic carboxylic acids is 1. The van der Waals surface area contributed by atoms with Crippen molar-refractivity contribution in [1.82, 2.24) is 9.78 Å². The van der Waals surface area contributed by atoms with E-state index in [2.05, 4.69) is 17.0 Å². The van der Waals surface area contributed by atoms with E-state index >= 15 is 0 Å². The molecule has 0 aliphatic carbocycles. The normalized spacial score (nSPS) is 10.2. The molecule has 0 unspecified atom stereocenters. The van der Waals surface area contributed by atoms with Gasteiger partial charge in [-0.25, -0.2) is 13.9 Å². The first kappa shape index (κ1) is 12.8. The fourth-order valence-electron chi connectivity index (χ4n) is 1.56. The van der Waals surface area contributed by atoms with Crippen molar-refractivity contribution in [2.24, 2.45) is 0 Å². The van der Waals surface area contributed by atoms with Gasteiger partial charge in [-0.1, -0.05) is 6.58 Å². The summed E-state index contributed by atoms with van der Waals surface area (Å²) in [7, 11) is 0. The van der Waals surface area contributed by atoms with E-state index in [1.54, 1.807) is 12.4 Å². The summed E-state index contributed by atoms with van der Waals surface area (Å²) in [5.41, 5.74) is 1.01. The monoisotopic (exact) mass is 261 g/mol. The number of nitrogens with one attached hydrogen (secondary N) is 1. The third-order valence-corrected chi connectivity index (χ3v) is 2.54. The maximum Gasteiger partial charge on any atom is 0.335 e. The van der Waals surface area contributed by atoms with E-state index in [1.807, 2.05) is 0 Å². The highest BCUT2D eigenvalue weighted by molar-refractivity contribution is 5.88. The second kappa shape index (κ2) is 5.34. The van der Waals surface area contributed by atoms with Gasteiger partial charge in [0.05, 0.1) is 17.4 Å². The highest BCUT2D eigenvalue weighted by atomic mass is 19.1. The predicted octanol–water partition coefficient (Wildman–Crippen LogP) is 2.43. The van der Waals surface area contributed by atoms with E-state index in [-0.39, 0.29) is 11.3 Å². The summed E-state index contributed by atoms with van der Waals surface area (Å²) in [5.74, 6) is -1.59. The number of nitrogens with zero attached hydrogens (tertiary/aromatic N) is 2. The minimum Gasteiger partial charge on any atom is -0.478 e. The van der Waals surface area contributed by atoms with Crippen LogP contribution in [0.3, 0.4) is 0 Å². The second-order valence-corrected chi connectivity index (χ2v) is 3.86. The smallest absolute Gasteiger partial charge is 0.335 e. The average molecular weight is 261 g/mol. The van der Waals surface area contributed by atoms with Crippen LogP contribution in [0.2, 0.25) is 0 Å². The Balaban J connectivity index is 2.12. The van der Waals surface area contributed by atoms with Gasteiger partial charge in [-0.15, -0.1) is 0 Å². The van der Waals surface area contributed by atoms with Crippen LogP contribution in [-0.2, 0) is 6.54 Å². The Labute approximate surface area is 109 Å². The van der Waals surface area contributed by atoms with Gasteiger partial charge in [-0.05, 0) is 18.2 Å². The molecule has 0 aliphatic heterocycles. The van der Waals surface area contributed by atoms with Crippen LogP contribution in [0.1, 0.15) is 15.9 Å². The molecule has 98 valence electrons. The maximum absolute atomic E-state index is 13.5. The van der Waals surface area contributed by atoms with Gasteiger partial charge in [-0.2, -0.15) is 5.10 Å². The molecule has 5 nitrogen and oxygen atoms in total. The molecule has 0 saturated carbocycles. The molecule has 0 atom stereocenters. The summed E-state index contributed by atoms with van der Waals surface area (Å²) in [4.78, 5) is 10.8. The Bertz CT molecular complexity index is 622. The molecule has 19 heavy (non-hydrogen) atoms. The van der Waals surface area contributed by atoms with Gasteiger partial charge in [0.2, 0.25) is 0 Å². The van der Waals surface area contributed by atoms with Crippen LogP contribution in [0.15, 0.2) is 37.2 Å². The molecule has 1 aromatic heterocycles. The highest BCUT2D eigenvalue weighted by Crippen LogP contribution is 2.17. The zero-order valence-electron chi connectivity index (χ0n) is 10.0. The molecule has 6 heteroatoms. The van der Waals surface area contributed by atoms with Crippen molar-refractivity contribution in [3.8, 4) is 0 Å². The molecule has 2 rings (SSSR count). The third kappa shape index (κ3) is 2.98. The van der Waals surface area contributed by atoms with Crippen molar-refractivity contribution in [3.63, 3.8) is 0 Å². The van der Waals surface area contributed by atoms with Crippen LogP contribution < -0.4 is 5.32 Å². The van der Waals surface area contributed by atoms with Gasteiger partial charge in [0, 0.05) is 24.5 Å². The first-order valence-corrected chi connectivity index (χ1v) is 5.52. The Morgan fingerprint density at radius 1 is 1.58 bits per heavy atom. The number of aromatic nitrogens is 2. The summed E-state index contributed by atoms with van der Waals surface area (Å²) in [5, 5.41) is 15.7. The number of halogens is 1. The minimum absolute atomic E-state index is 0.0330. The summed E-state index contributed by atoms with van der Waals surface area (Å²) in [6.45, 7) is 3.90. The van der Waals surface area contributed by atoms with Gasteiger partial charge in [0.1, 0.15) is 5.82 Å². The van der Waals surface area contributed by atoms with E-state index in [4.69, 9.17) is 5.11 Å². The Kier molecular flexibility index (Phi) is 3.61. The Morgan fingerprint density at radius 2 is 2.37 bits per heavy atom. The van der Waals surface area contributed by atoms with Crippen molar-refractivity contribution < 1.29 is 14.3 Å². The largest absolute Gasteiger partial charge is 0.478 e. The van der Waals surface area contributed by atoms with Gasteiger partial charge < -0.3 is 10.4 Å². The van der Waals surface area contributed by atoms with E-state index in [0.717, 1.165) is 11.6 Å². The van der Waals surface area contributed by atoms with Crippen molar-refractivity contribution in [3.05, 3.63) is 54.1 Å². The standard InChI is InChI=1S/C13H12FN3O2/c1-2-17-8-9(7-16-17)6-15-12-5-10(13(18)19)3-4-11(12)14/h2-5,7-8,15H,1,6H2,(H,18,19). The van der Waals surface area contributed by atoms with Crippen molar-refractivity contribution in [2.45, 2.75) is 6.54 Å². The lowest BCUT2D eigenvalue weighted by molar-refractivity contribution is 0.0697. The molecule has 2 aromatic rings. The second-order valence-electron chi connectivity index (χ2n) is 3.86. The minimum atomic E-state index is -1.09. The summed E-state index contributed by atoms with van der Waals surface area (Å²) in [6, 6.07) is 3.60. The molecular formula is C13H12FN3O2. The molecule has 0 saturated heterocycles. The third-order valence-electron chi connectivity index (χ3n) is 2.54. The Hall–Kier alpha value is -2.63.